The van der Waals surface area contributed by atoms with E-state index in [2.05, 4.69) is 13.0 Å². The fraction of sp³-hybridized carbons (Fsp3) is 0.290. The lowest BCUT2D eigenvalue weighted by Crippen LogP contribution is -2.33. The first kappa shape index (κ1) is 27.1. The van der Waals surface area contributed by atoms with Crippen LogP contribution in [0.5, 0.6) is 17.2 Å². The summed E-state index contributed by atoms with van der Waals surface area (Å²) in [6.07, 6.45) is 3.94. The molecule has 1 saturated carbocycles. The molecule has 3 aromatic carbocycles. The number of fused-ring (bicyclic) bond motifs is 1. The number of nitrogens with zero attached hydrogens (tertiary/aromatic N) is 2. The van der Waals surface area contributed by atoms with E-state index in [1.807, 2.05) is 48.5 Å². The monoisotopic (exact) mass is 564 g/mol. The van der Waals surface area contributed by atoms with E-state index in [1.54, 1.807) is 17.1 Å². The van der Waals surface area contributed by atoms with Gasteiger partial charge in [-0.2, -0.15) is 5.10 Å². The lowest BCUT2D eigenvalue weighted by molar-refractivity contribution is 0.0675. The number of carbonyl (C=O) groups excluding carboxylic acids is 1. The Bertz CT molecular complexity index is 1410. The lowest BCUT2D eigenvalue weighted by atomic mass is 9.73. The van der Waals surface area contributed by atoms with Gasteiger partial charge in [0.2, 0.25) is 5.75 Å². The van der Waals surface area contributed by atoms with Crippen molar-refractivity contribution in [3.63, 3.8) is 0 Å². The molecule has 8 heteroatoms. The first-order valence-electron chi connectivity index (χ1n) is 12.8. The van der Waals surface area contributed by atoms with Crippen LogP contribution in [0, 0.1) is 11.8 Å². The van der Waals surface area contributed by atoms with Crippen molar-refractivity contribution >= 4 is 40.9 Å². The highest BCUT2D eigenvalue weighted by atomic mass is 35.5. The van der Waals surface area contributed by atoms with E-state index < -0.39 is 0 Å². The number of hydrazone groups is 1. The van der Waals surface area contributed by atoms with Gasteiger partial charge in [0.1, 0.15) is 0 Å². The molecule has 1 aliphatic carbocycles. The molecule has 0 bridgehead atoms. The van der Waals surface area contributed by atoms with Crippen molar-refractivity contribution < 1.29 is 19.0 Å². The Kier molecular flexibility index (Phi) is 7.87. The van der Waals surface area contributed by atoms with Crippen molar-refractivity contribution in [3.05, 3.63) is 93.0 Å². The van der Waals surface area contributed by atoms with E-state index in [4.69, 9.17) is 42.5 Å². The molecule has 3 atom stereocenters. The van der Waals surface area contributed by atoms with E-state index >= 15 is 0 Å². The molecule has 0 spiro atoms. The third-order valence-corrected chi connectivity index (χ3v) is 7.81. The second kappa shape index (κ2) is 11.3. The average molecular weight is 565 g/mol. The smallest absolute Gasteiger partial charge is 0.274 e. The molecule has 1 aliphatic heterocycles. The van der Waals surface area contributed by atoms with Crippen LogP contribution in [0.15, 0.2) is 71.3 Å². The van der Waals surface area contributed by atoms with Gasteiger partial charge in [-0.3, -0.25) is 4.79 Å². The van der Waals surface area contributed by atoms with E-state index in [0.29, 0.717) is 38.8 Å². The van der Waals surface area contributed by atoms with Gasteiger partial charge in [-0.05, 0) is 77.9 Å². The highest BCUT2D eigenvalue weighted by Crippen LogP contribution is 2.47. The van der Waals surface area contributed by atoms with Crippen LogP contribution in [0.25, 0.3) is 6.08 Å². The second-order valence-electron chi connectivity index (χ2n) is 9.92. The van der Waals surface area contributed by atoms with E-state index in [-0.39, 0.29) is 17.9 Å². The van der Waals surface area contributed by atoms with Gasteiger partial charge >= 0.3 is 0 Å². The van der Waals surface area contributed by atoms with Gasteiger partial charge in [0.15, 0.2) is 11.5 Å². The maximum atomic E-state index is 14.2. The number of amides is 1. The van der Waals surface area contributed by atoms with Crippen LogP contribution in [0.1, 0.15) is 47.3 Å². The molecule has 202 valence electrons. The average Bonchev–Trinajstić information content (AvgIpc) is 3.32. The summed E-state index contributed by atoms with van der Waals surface area (Å²) in [6.45, 7) is 2.25. The van der Waals surface area contributed by atoms with Crippen LogP contribution in [0.3, 0.4) is 0 Å². The molecule has 3 aromatic rings. The van der Waals surface area contributed by atoms with Crippen molar-refractivity contribution in [2.75, 3.05) is 21.3 Å². The number of carbonyl (C=O) groups is 1. The number of rotatable bonds is 6. The Balaban J connectivity index is 1.62. The Hall–Kier alpha value is -3.48. The number of methoxy groups -OCH3 is 3. The van der Waals surface area contributed by atoms with Crippen molar-refractivity contribution in [2.24, 2.45) is 16.9 Å². The van der Waals surface area contributed by atoms with Crippen molar-refractivity contribution in [1.82, 2.24) is 5.01 Å². The summed E-state index contributed by atoms with van der Waals surface area (Å²) in [6, 6.07) is 18.4. The van der Waals surface area contributed by atoms with Gasteiger partial charge in [0.25, 0.3) is 5.91 Å². The van der Waals surface area contributed by atoms with Crippen molar-refractivity contribution in [2.45, 2.75) is 25.8 Å². The van der Waals surface area contributed by atoms with Crippen LogP contribution >= 0.6 is 23.2 Å². The quantitative estimate of drug-likeness (QED) is 0.307. The molecule has 0 radical (unpaired) electrons. The maximum Gasteiger partial charge on any atom is 0.274 e. The molecule has 0 unspecified atom stereocenters. The van der Waals surface area contributed by atoms with Gasteiger partial charge in [-0.1, -0.05) is 54.4 Å². The third-order valence-electron chi connectivity index (χ3n) is 7.31. The van der Waals surface area contributed by atoms with Gasteiger partial charge in [-0.25, -0.2) is 5.01 Å². The molecule has 0 saturated heterocycles. The predicted octanol–water partition coefficient (Wildman–Crippen LogP) is 7.70. The summed E-state index contributed by atoms with van der Waals surface area (Å²) in [5.41, 5.74) is 4.47. The van der Waals surface area contributed by atoms with E-state index in [1.165, 1.54) is 21.3 Å². The van der Waals surface area contributed by atoms with Crippen LogP contribution < -0.4 is 14.2 Å². The molecule has 1 amide bonds. The lowest BCUT2D eigenvalue weighted by Gasteiger charge is -2.32. The van der Waals surface area contributed by atoms with Crippen LogP contribution in [0.4, 0.5) is 0 Å². The summed E-state index contributed by atoms with van der Waals surface area (Å²) in [7, 11) is 4.59. The van der Waals surface area contributed by atoms with Gasteiger partial charge in [-0.15, -0.1) is 0 Å². The zero-order valence-corrected chi connectivity index (χ0v) is 23.8. The fourth-order valence-corrected chi connectivity index (χ4v) is 5.80. The maximum absolute atomic E-state index is 14.2. The summed E-state index contributed by atoms with van der Waals surface area (Å²) in [4.78, 5) is 14.2. The summed E-state index contributed by atoms with van der Waals surface area (Å²) in [5.74, 6) is 1.43. The molecule has 0 N–H and O–H groups in total. The van der Waals surface area contributed by atoms with Gasteiger partial charge in [0.05, 0.1) is 33.1 Å². The first-order chi connectivity index (χ1) is 18.8. The summed E-state index contributed by atoms with van der Waals surface area (Å²) in [5, 5.41) is 7.95. The minimum Gasteiger partial charge on any atom is -0.493 e. The molecule has 1 heterocycles. The largest absolute Gasteiger partial charge is 0.493 e. The highest BCUT2D eigenvalue weighted by molar-refractivity contribution is 6.30. The number of allylic oxidation sites excluding steroid dienone is 1. The molecule has 2 aliphatic rings. The van der Waals surface area contributed by atoms with Crippen molar-refractivity contribution in [3.8, 4) is 17.2 Å². The number of benzene rings is 3. The molecule has 0 aromatic heterocycles. The minimum atomic E-state index is -0.291. The molecular weight excluding hydrogens is 535 g/mol. The summed E-state index contributed by atoms with van der Waals surface area (Å²) >= 11 is 12.3. The number of hydrogen-bond donors (Lipinski definition) is 0. The third kappa shape index (κ3) is 5.36. The van der Waals surface area contributed by atoms with Crippen LogP contribution in [-0.2, 0) is 0 Å². The predicted molar refractivity (Wildman–Crippen MR) is 155 cm³/mol. The summed E-state index contributed by atoms with van der Waals surface area (Å²) < 4.78 is 16.5. The molecule has 5 rings (SSSR count). The first-order valence-corrected chi connectivity index (χ1v) is 13.5. The zero-order valence-electron chi connectivity index (χ0n) is 22.3. The standard InChI is InChI=1S/C31H30Cl2N2O4/c1-18-13-21(15-19-5-9-23(32)10-6-19)28-25(14-18)29(20-7-11-24(33)12-8-20)35(34-28)31(36)22-16-26(37-2)30(39-4)27(17-22)38-3/h5-12,15-18,25,29H,13-14H2,1-4H3/b21-15+/t18-,25-,29-/m0/s1. The topological polar surface area (TPSA) is 60.4 Å². The van der Waals surface area contributed by atoms with Crippen LogP contribution in [-0.4, -0.2) is 38.0 Å². The normalized spacial score (nSPS) is 21.4. The Morgan fingerprint density at radius 1 is 0.923 bits per heavy atom. The molecule has 39 heavy (non-hydrogen) atoms. The minimum absolute atomic E-state index is 0.0273. The Labute approximate surface area is 238 Å². The molecule has 6 nitrogen and oxygen atoms in total. The number of hydrogen-bond acceptors (Lipinski definition) is 5. The SMILES string of the molecule is COc1cc(C(=O)N2N=C3/C(=C/c4ccc(Cl)cc4)C[C@H](C)C[C@@H]3[C@@H]2c2ccc(Cl)cc2)cc(OC)c1OC. The second-order valence-corrected chi connectivity index (χ2v) is 10.8. The molecular formula is C31H30Cl2N2O4. The van der Waals surface area contributed by atoms with Crippen LogP contribution in [0.2, 0.25) is 10.0 Å². The fourth-order valence-electron chi connectivity index (χ4n) is 5.55. The zero-order chi connectivity index (χ0) is 27.7. The van der Waals surface area contributed by atoms with Gasteiger partial charge < -0.3 is 14.2 Å². The Morgan fingerprint density at radius 2 is 1.51 bits per heavy atom. The number of ether oxygens (including phenoxy) is 3. The van der Waals surface area contributed by atoms with E-state index in [9.17, 15) is 4.79 Å². The molecule has 1 fully saturated rings. The number of halogens is 2. The Morgan fingerprint density at radius 3 is 2.08 bits per heavy atom. The van der Waals surface area contributed by atoms with E-state index in [0.717, 1.165) is 35.3 Å². The highest BCUT2D eigenvalue weighted by Gasteiger charge is 2.45. The van der Waals surface area contributed by atoms with Gasteiger partial charge in [0, 0.05) is 21.5 Å². The van der Waals surface area contributed by atoms with Crippen molar-refractivity contribution in [1.29, 1.82) is 0 Å².